The minimum Gasteiger partial charge on any atom is -0.316 e. The van der Waals surface area contributed by atoms with E-state index in [4.69, 9.17) is 5.26 Å². The first kappa shape index (κ1) is 11.2. The number of nitrogens with zero attached hydrogens (tertiary/aromatic N) is 1. The van der Waals surface area contributed by atoms with Crippen LogP contribution in [-0.4, -0.2) is 13.1 Å². The molecule has 0 fully saturated rings. The van der Waals surface area contributed by atoms with E-state index in [1.54, 1.807) is 11.3 Å². The molecule has 0 bridgehead atoms. The highest BCUT2D eigenvalue weighted by atomic mass is 32.1. The van der Waals surface area contributed by atoms with Gasteiger partial charge in [0.15, 0.2) is 0 Å². The van der Waals surface area contributed by atoms with Crippen LogP contribution in [0.3, 0.4) is 0 Å². The van der Waals surface area contributed by atoms with Gasteiger partial charge in [-0.25, -0.2) is 0 Å². The highest BCUT2D eigenvalue weighted by Crippen LogP contribution is 2.05. The fraction of sp³-hybridized carbons (Fsp3) is 0.545. The minimum absolute atomic E-state index is 0.687. The summed E-state index contributed by atoms with van der Waals surface area (Å²) in [7, 11) is 0. The van der Waals surface area contributed by atoms with Gasteiger partial charge in [-0.1, -0.05) is 0 Å². The Labute approximate surface area is 89.6 Å². The van der Waals surface area contributed by atoms with Crippen molar-refractivity contribution in [2.24, 2.45) is 0 Å². The molecule has 0 atom stereocenters. The molecule has 0 saturated carbocycles. The van der Waals surface area contributed by atoms with Gasteiger partial charge < -0.3 is 5.32 Å². The van der Waals surface area contributed by atoms with Crippen molar-refractivity contribution in [1.82, 2.24) is 5.32 Å². The molecule has 0 amide bonds. The summed E-state index contributed by atoms with van der Waals surface area (Å²) in [6, 6.07) is 4.32. The Hall–Kier alpha value is -0.850. The second-order valence-electron chi connectivity index (χ2n) is 3.25. The summed E-state index contributed by atoms with van der Waals surface area (Å²) in [5, 5.41) is 16.0. The molecule has 0 aliphatic carbocycles. The van der Waals surface area contributed by atoms with E-state index in [0.29, 0.717) is 6.42 Å². The molecule has 1 aromatic rings. The fourth-order valence-corrected chi connectivity index (χ4v) is 1.95. The number of hydrogen-bond donors (Lipinski definition) is 1. The zero-order valence-corrected chi connectivity index (χ0v) is 9.15. The van der Waals surface area contributed by atoms with Gasteiger partial charge in [-0.05, 0) is 54.7 Å². The Kier molecular flexibility index (Phi) is 6.05. The van der Waals surface area contributed by atoms with E-state index in [9.17, 15) is 0 Å². The Morgan fingerprint density at radius 1 is 1.36 bits per heavy atom. The second-order valence-corrected chi connectivity index (χ2v) is 4.03. The molecule has 14 heavy (non-hydrogen) atoms. The van der Waals surface area contributed by atoms with Crippen molar-refractivity contribution in [3.63, 3.8) is 0 Å². The molecule has 0 radical (unpaired) electrons. The summed E-state index contributed by atoms with van der Waals surface area (Å²) < 4.78 is 0. The van der Waals surface area contributed by atoms with E-state index < -0.39 is 0 Å². The smallest absolute Gasteiger partial charge is 0.0621 e. The third-order valence-electron chi connectivity index (χ3n) is 2.06. The first-order valence-corrected chi connectivity index (χ1v) is 5.96. The van der Waals surface area contributed by atoms with E-state index in [-0.39, 0.29) is 0 Å². The van der Waals surface area contributed by atoms with Crippen molar-refractivity contribution in [2.45, 2.75) is 25.7 Å². The van der Waals surface area contributed by atoms with E-state index in [1.807, 2.05) is 0 Å². The van der Waals surface area contributed by atoms with Crippen LogP contribution in [0.15, 0.2) is 16.8 Å². The zero-order chi connectivity index (χ0) is 10.1. The van der Waals surface area contributed by atoms with Crippen LogP contribution in [0.5, 0.6) is 0 Å². The largest absolute Gasteiger partial charge is 0.316 e. The van der Waals surface area contributed by atoms with Crippen LogP contribution in [-0.2, 0) is 6.42 Å². The van der Waals surface area contributed by atoms with Gasteiger partial charge in [-0.2, -0.15) is 16.6 Å². The van der Waals surface area contributed by atoms with Gasteiger partial charge in [-0.15, -0.1) is 0 Å². The summed E-state index contributed by atoms with van der Waals surface area (Å²) in [6.07, 6.45) is 3.92. The van der Waals surface area contributed by atoms with Crippen molar-refractivity contribution in [3.05, 3.63) is 22.4 Å². The summed E-state index contributed by atoms with van der Waals surface area (Å²) in [5.41, 5.74) is 1.42. The first-order valence-electron chi connectivity index (χ1n) is 5.02. The van der Waals surface area contributed by atoms with Crippen LogP contribution in [0.4, 0.5) is 0 Å². The van der Waals surface area contributed by atoms with Gasteiger partial charge in [-0.3, -0.25) is 0 Å². The molecule has 1 N–H and O–H groups in total. The number of nitrogens with one attached hydrogen (secondary N) is 1. The molecular formula is C11H16N2S. The zero-order valence-electron chi connectivity index (χ0n) is 8.33. The molecule has 1 heterocycles. The summed E-state index contributed by atoms with van der Waals surface area (Å²) in [6.45, 7) is 2.08. The topological polar surface area (TPSA) is 35.8 Å². The van der Waals surface area contributed by atoms with Crippen molar-refractivity contribution < 1.29 is 0 Å². The van der Waals surface area contributed by atoms with Crippen molar-refractivity contribution in [1.29, 1.82) is 5.26 Å². The molecule has 1 aromatic heterocycles. The quantitative estimate of drug-likeness (QED) is 0.699. The third kappa shape index (κ3) is 5.00. The number of thiophene rings is 1. The third-order valence-corrected chi connectivity index (χ3v) is 2.79. The molecule has 0 unspecified atom stereocenters. The van der Waals surface area contributed by atoms with Crippen LogP contribution in [0.25, 0.3) is 0 Å². The SMILES string of the molecule is N#CCCCCNCCc1ccsc1. The number of rotatable bonds is 7. The highest BCUT2D eigenvalue weighted by molar-refractivity contribution is 7.07. The monoisotopic (exact) mass is 208 g/mol. The van der Waals surface area contributed by atoms with Gasteiger partial charge in [0.2, 0.25) is 0 Å². The van der Waals surface area contributed by atoms with Crippen LogP contribution in [0, 0.1) is 11.3 Å². The van der Waals surface area contributed by atoms with Crippen LogP contribution >= 0.6 is 11.3 Å². The van der Waals surface area contributed by atoms with E-state index in [0.717, 1.165) is 32.4 Å². The van der Waals surface area contributed by atoms with Gasteiger partial charge in [0, 0.05) is 6.42 Å². The van der Waals surface area contributed by atoms with Gasteiger partial charge in [0.25, 0.3) is 0 Å². The molecule has 0 spiro atoms. The Bertz CT molecular complexity index is 261. The minimum atomic E-state index is 0.687. The molecule has 2 nitrogen and oxygen atoms in total. The van der Waals surface area contributed by atoms with E-state index in [2.05, 4.69) is 28.2 Å². The predicted octanol–water partition coefficient (Wildman–Crippen LogP) is 2.57. The van der Waals surface area contributed by atoms with Crippen molar-refractivity contribution in [3.8, 4) is 6.07 Å². The van der Waals surface area contributed by atoms with E-state index >= 15 is 0 Å². The molecule has 0 saturated heterocycles. The molecule has 0 aliphatic heterocycles. The highest BCUT2D eigenvalue weighted by Gasteiger charge is 1.92. The normalized spacial score (nSPS) is 9.93. The summed E-state index contributed by atoms with van der Waals surface area (Å²) in [5.74, 6) is 0. The Morgan fingerprint density at radius 2 is 2.29 bits per heavy atom. The average molecular weight is 208 g/mol. The summed E-state index contributed by atoms with van der Waals surface area (Å²) >= 11 is 1.75. The average Bonchev–Trinajstić information content (AvgIpc) is 2.69. The lowest BCUT2D eigenvalue weighted by molar-refractivity contribution is 0.628. The van der Waals surface area contributed by atoms with Crippen LogP contribution in [0.1, 0.15) is 24.8 Å². The van der Waals surface area contributed by atoms with Crippen molar-refractivity contribution >= 4 is 11.3 Å². The maximum atomic E-state index is 8.32. The first-order chi connectivity index (χ1) is 6.93. The molecule has 0 aliphatic rings. The lowest BCUT2D eigenvalue weighted by atomic mass is 10.2. The van der Waals surface area contributed by atoms with Gasteiger partial charge in [0.05, 0.1) is 6.07 Å². The maximum absolute atomic E-state index is 8.32. The molecule has 1 rings (SSSR count). The number of nitriles is 1. The standard InChI is InChI=1S/C11H16N2S/c12-6-2-1-3-7-13-8-4-11-5-9-14-10-11/h5,9-10,13H,1-4,7-8H2. The maximum Gasteiger partial charge on any atom is 0.0621 e. The Balaban J connectivity index is 1.88. The van der Waals surface area contributed by atoms with Gasteiger partial charge in [0.1, 0.15) is 0 Å². The number of hydrogen-bond acceptors (Lipinski definition) is 3. The second kappa shape index (κ2) is 7.54. The van der Waals surface area contributed by atoms with Crippen LogP contribution < -0.4 is 5.32 Å². The number of unbranched alkanes of at least 4 members (excludes halogenated alkanes) is 2. The Morgan fingerprint density at radius 3 is 3.00 bits per heavy atom. The van der Waals surface area contributed by atoms with E-state index in [1.165, 1.54) is 5.56 Å². The molecule has 3 heteroatoms. The lowest BCUT2D eigenvalue weighted by Crippen LogP contribution is -2.18. The molecule has 76 valence electrons. The fourth-order valence-electron chi connectivity index (χ4n) is 1.25. The van der Waals surface area contributed by atoms with Crippen LogP contribution in [0.2, 0.25) is 0 Å². The molecule has 0 aromatic carbocycles. The molecular weight excluding hydrogens is 192 g/mol. The lowest BCUT2D eigenvalue weighted by Gasteiger charge is -2.01. The van der Waals surface area contributed by atoms with Crippen molar-refractivity contribution in [2.75, 3.05) is 13.1 Å². The summed E-state index contributed by atoms with van der Waals surface area (Å²) in [4.78, 5) is 0. The predicted molar refractivity (Wildman–Crippen MR) is 60.4 cm³/mol. The van der Waals surface area contributed by atoms with Gasteiger partial charge >= 0.3 is 0 Å².